The van der Waals surface area contributed by atoms with Crippen molar-refractivity contribution in [1.29, 1.82) is 0 Å². The molecule has 0 spiro atoms. The summed E-state index contributed by atoms with van der Waals surface area (Å²) in [6.45, 7) is 0.973. The first-order chi connectivity index (χ1) is 5.38. The van der Waals surface area contributed by atoms with Crippen LogP contribution in [0.2, 0.25) is 0 Å². The fourth-order valence-electron chi connectivity index (χ4n) is 1.18. The van der Waals surface area contributed by atoms with Gasteiger partial charge >= 0.3 is 0 Å². The van der Waals surface area contributed by atoms with Crippen LogP contribution in [0.15, 0.2) is 18.3 Å². The van der Waals surface area contributed by atoms with Crippen molar-refractivity contribution in [3.05, 3.63) is 29.8 Å². The summed E-state index contributed by atoms with van der Waals surface area (Å²) < 4.78 is 13.0. The van der Waals surface area contributed by atoms with Gasteiger partial charge in [0.05, 0.1) is 11.7 Å². The fourth-order valence-corrected chi connectivity index (χ4v) is 1.18. The highest BCUT2D eigenvalue weighted by Gasteiger charge is 2.22. The van der Waals surface area contributed by atoms with Crippen LogP contribution < -0.4 is 5.32 Å². The third-order valence-corrected chi connectivity index (χ3v) is 1.94. The molecule has 2 rings (SSSR count). The van der Waals surface area contributed by atoms with Crippen LogP contribution in [-0.2, 0) is 0 Å². The van der Waals surface area contributed by atoms with Gasteiger partial charge in [-0.2, -0.15) is 0 Å². The lowest BCUT2D eigenvalue weighted by molar-refractivity contribution is 0.361. The van der Waals surface area contributed by atoms with E-state index in [1.807, 2.05) is 0 Å². The predicted molar refractivity (Wildman–Crippen MR) is 39.6 cm³/mol. The van der Waals surface area contributed by atoms with Gasteiger partial charge in [0.25, 0.3) is 0 Å². The zero-order valence-electron chi connectivity index (χ0n) is 6.05. The average Bonchev–Trinajstić information content (AvgIpc) is 1.90. The number of pyridine rings is 1. The lowest BCUT2D eigenvalue weighted by atomic mass is 10.0. The van der Waals surface area contributed by atoms with E-state index in [2.05, 4.69) is 10.3 Å². The molecular weight excluding hydrogens is 143 g/mol. The summed E-state index contributed by atoms with van der Waals surface area (Å²) in [5.41, 5.74) is 0.554. The van der Waals surface area contributed by atoms with Gasteiger partial charge in [0.1, 0.15) is 5.82 Å². The highest BCUT2D eigenvalue weighted by atomic mass is 19.1. The van der Waals surface area contributed by atoms with Crippen molar-refractivity contribution in [1.82, 2.24) is 10.3 Å². The molecule has 0 saturated carbocycles. The molecule has 0 amide bonds. The molecule has 1 aromatic heterocycles. The third-order valence-electron chi connectivity index (χ3n) is 1.94. The molecule has 1 unspecified atom stereocenters. The molecule has 0 aliphatic carbocycles. The number of halogens is 1. The molecule has 11 heavy (non-hydrogen) atoms. The van der Waals surface area contributed by atoms with E-state index in [4.69, 9.17) is 0 Å². The minimum absolute atomic E-state index is 0.149. The molecule has 58 valence electrons. The summed E-state index contributed by atoms with van der Waals surface area (Å²) in [5.74, 6) is -0.204. The standard InChI is InChI=1S/C8H9FN2/c9-6-2-1-4-11-8(6)7-3-5-10-7/h1-2,4,7,10H,3,5H2. The van der Waals surface area contributed by atoms with Crippen LogP contribution in [0.3, 0.4) is 0 Å². The van der Waals surface area contributed by atoms with E-state index in [9.17, 15) is 4.39 Å². The maximum absolute atomic E-state index is 13.0. The molecule has 1 fully saturated rings. The van der Waals surface area contributed by atoms with Crippen LogP contribution in [-0.4, -0.2) is 11.5 Å². The summed E-state index contributed by atoms with van der Waals surface area (Å²) in [4.78, 5) is 3.96. The Balaban J connectivity index is 2.28. The Bertz CT molecular complexity index is 258. The summed E-state index contributed by atoms with van der Waals surface area (Å²) in [7, 11) is 0. The zero-order chi connectivity index (χ0) is 7.68. The van der Waals surface area contributed by atoms with Crippen molar-refractivity contribution >= 4 is 0 Å². The number of nitrogens with zero attached hydrogens (tertiary/aromatic N) is 1. The maximum atomic E-state index is 13.0. The molecule has 1 atom stereocenters. The highest BCUT2D eigenvalue weighted by Crippen LogP contribution is 2.22. The van der Waals surface area contributed by atoms with Crippen LogP contribution in [0.5, 0.6) is 0 Å². The molecule has 0 radical (unpaired) electrons. The van der Waals surface area contributed by atoms with Crippen molar-refractivity contribution in [3.8, 4) is 0 Å². The molecule has 2 heterocycles. The second-order valence-corrected chi connectivity index (χ2v) is 2.67. The van der Waals surface area contributed by atoms with Gasteiger partial charge in [-0.15, -0.1) is 0 Å². The summed E-state index contributed by atoms with van der Waals surface area (Å²) in [6.07, 6.45) is 2.62. The topological polar surface area (TPSA) is 24.9 Å². The summed E-state index contributed by atoms with van der Waals surface area (Å²) in [6, 6.07) is 3.20. The largest absolute Gasteiger partial charge is 0.308 e. The predicted octanol–water partition coefficient (Wildman–Crippen LogP) is 1.26. The normalized spacial score (nSPS) is 22.8. The van der Waals surface area contributed by atoms with E-state index in [0.717, 1.165) is 13.0 Å². The Morgan fingerprint density at radius 2 is 2.45 bits per heavy atom. The highest BCUT2D eigenvalue weighted by molar-refractivity contribution is 5.13. The average molecular weight is 152 g/mol. The Labute approximate surface area is 64.5 Å². The molecule has 1 aliphatic heterocycles. The van der Waals surface area contributed by atoms with Crippen LogP contribution in [0.4, 0.5) is 4.39 Å². The first-order valence-electron chi connectivity index (χ1n) is 3.72. The fraction of sp³-hybridized carbons (Fsp3) is 0.375. The summed E-state index contributed by atoms with van der Waals surface area (Å²) in [5, 5.41) is 3.10. The molecule has 3 heteroatoms. The van der Waals surface area contributed by atoms with E-state index >= 15 is 0 Å². The Kier molecular flexibility index (Phi) is 1.58. The van der Waals surface area contributed by atoms with Gasteiger partial charge in [0.15, 0.2) is 0 Å². The maximum Gasteiger partial charge on any atom is 0.146 e. The summed E-state index contributed by atoms with van der Waals surface area (Å²) >= 11 is 0. The van der Waals surface area contributed by atoms with Gasteiger partial charge in [-0.3, -0.25) is 4.98 Å². The molecule has 2 nitrogen and oxygen atoms in total. The minimum Gasteiger partial charge on any atom is -0.308 e. The van der Waals surface area contributed by atoms with E-state index in [1.165, 1.54) is 6.07 Å². The minimum atomic E-state index is -0.204. The number of nitrogens with one attached hydrogen (secondary N) is 1. The lowest BCUT2D eigenvalue weighted by Crippen LogP contribution is -2.36. The number of rotatable bonds is 1. The van der Waals surface area contributed by atoms with E-state index < -0.39 is 0 Å². The third kappa shape index (κ3) is 1.12. The van der Waals surface area contributed by atoms with E-state index in [-0.39, 0.29) is 11.9 Å². The van der Waals surface area contributed by atoms with Crippen LogP contribution in [0.1, 0.15) is 18.2 Å². The van der Waals surface area contributed by atoms with Crippen molar-refractivity contribution in [2.75, 3.05) is 6.54 Å². The van der Waals surface area contributed by atoms with Crippen LogP contribution in [0, 0.1) is 5.82 Å². The SMILES string of the molecule is Fc1cccnc1C1CCN1. The lowest BCUT2D eigenvalue weighted by Gasteiger charge is -2.26. The smallest absolute Gasteiger partial charge is 0.146 e. The van der Waals surface area contributed by atoms with Gasteiger partial charge in [-0.25, -0.2) is 4.39 Å². The van der Waals surface area contributed by atoms with Crippen molar-refractivity contribution < 1.29 is 4.39 Å². The van der Waals surface area contributed by atoms with E-state index in [0.29, 0.717) is 5.69 Å². The molecular formula is C8H9FN2. The Hall–Kier alpha value is -0.960. The monoisotopic (exact) mass is 152 g/mol. The molecule has 1 aliphatic rings. The van der Waals surface area contributed by atoms with Crippen LogP contribution in [0.25, 0.3) is 0 Å². The second-order valence-electron chi connectivity index (χ2n) is 2.67. The Morgan fingerprint density at radius 3 is 3.00 bits per heavy atom. The molecule has 0 bridgehead atoms. The molecule has 1 N–H and O–H groups in total. The Morgan fingerprint density at radius 1 is 1.64 bits per heavy atom. The van der Waals surface area contributed by atoms with Gasteiger partial charge < -0.3 is 5.32 Å². The molecule has 1 aromatic rings. The first kappa shape index (κ1) is 6.73. The van der Waals surface area contributed by atoms with E-state index in [1.54, 1.807) is 12.3 Å². The molecule has 0 aromatic carbocycles. The van der Waals surface area contributed by atoms with Crippen molar-refractivity contribution in [2.24, 2.45) is 0 Å². The number of hydrogen-bond acceptors (Lipinski definition) is 2. The number of aromatic nitrogens is 1. The first-order valence-corrected chi connectivity index (χ1v) is 3.72. The van der Waals surface area contributed by atoms with Crippen molar-refractivity contribution in [3.63, 3.8) is 0 Å². The van der Waals surface area contributed by atoms with Crippen molar-refractivity contribution in [2.45, 2.75) is 12.5 Å². The number of hydrogen-bond donors (Lipinski definition) is 1. The van der Waals surface area contributed by atoms with Gasteiger partial charge in [-0.1, -0.05) is 0 Å². The van der Waals surface area contributed by atoms with Gasteiger partial charge in [0.2, 0.25) is 0 Å². The van der Waals surface area contributed by atoms with Gasteiger partial charge in [-0.05, 0) is 25.1 Å². The van der Waals surface area contributed by atoms with Crippen LogP contribution >= 0.6 is 0 Å². The quantitative estimate of drug-likeness (QED) is 0.655. The van der Waals surface area contributed by atoms with Gasteiger partial charge in [0, 0.05) is 6.20 Å². The molecule has 1 saturated heterocycles. The zero-order valence-corrected chi connectivity index (χ0v) is 6.05. The second kappa shape index (κ2) is 2.58.